The fourth-order valence-corrected chi connectivity index (χ4v) is 2.83. The smallest absolute Gasteiger partial charge is 0.274 e. The number of carbonyl (C=O) groups is 1. The van der Waals surface area contributed by atoms with Crippen molar-refractivity contribution in [3.8, 4) is 5.75 Å². The first-order valence-corrected chi connectivity index (χ1v) is 7.70. The third-order valence-electron chi connectivity index (χ3n) is 4.08. The molecular formula is C16H16N6O2. The molecule has 1 aliphatic heterocycles. The highest BCUT2D eigenvalue weighted by Gasteiger charge is 2.25. The number of nitrogens with zero attached hydrogens (tertiary/aromatic N) is 6. The minimum absolute atomic E-state index is 0.0580. The van der Waals surface area contributed by atoms with Crippen LogP contribution in [0.1, 0.15) is 10.5 Å². The number of fused-ring (bicyclic) bond motifs is 1. The fourth-order valence-electron chi connectivity index (χ4n) is 2.83. The number of imidazole rings is 1. The first kappa shape index (κ1) is 14.4. The Morgan fingerprint density at radius 2 is 1.83 bits per heavy atom. The zero-order valence-corrected chi connectivity index (χ0v) is 12.9. The topological polar surface area (TPSA) is 86.9 Å². The molecule has 0 saturated carbocycles. The predicted molar refractivity (Wildman–Crippen MR) is 87.0 cm³/mol. The maximum absolute atomic E-state index is 12.6. The Balaban J connectivity index is 1.48. The van der Waals surface area contributed by atoms with Crippen molar-refractivity contribution in [2.75, 3.05) is 31.1 Å². The standard InChI is InChI=1S/C16H16N6O2/c23-13-3-1-6-22-11-12(19-14(13)22)15(24)20-7-9-21(10-8-20)16-17-4-2-5-18-16/h1-6,11,23H,7-10H2. The van der Waals surface area contributed by atoms with Gasteiger partial charge >= 0.3 is 0 Å². The van der Waals surface area contributed by atoms with Crippen molar-refractivity contribution in [1.82, 2.24) is 24.3 Å². The third kappa shape index (κ3) is 2.51. The van der Waals surface area contributed by atoms with Crippen LogP contribution in [-0.4, -0.2) is 61.4 Å². The summed E-state index contributed by atoms with van der Waals surface area (Å²) in [7, 11) is 0. The molecule has 0 atom stereocenters. The molecule has 3 aromatic rings. The lowest BCUT2D eigenvalue weighted by atomic mass is 10.3. The van der Waals surface area contributed by atoms with Gasteiger partial charge in [-0.2, -0.15) is 0 Å². The van der Waals surface area contributed by atoms with E-state index in [1.165, 1.54) is 0 Å². The van der Waals surface area contributed by atoms with Crippen LogP contribution in [-0.2, 0) is 0 Å². The maximum Gasteiger partial charge on any atom is 0.274 e. The number of aromatic hydroxyl groups is 1. The van der Waals surface area contributed by atoms with Gasteiger partial charge in [0, 0.05) is 51.0 Å². The Labute approximate surface area is 138 Å². The first-order valence-electron chi connectivity index (χ1n) is 7.70. The van der Waals surface area contributed by atoms with Gasteiger partial charge in [0.15, 0.2) is 11.4 Å². The molecule has 1 aliphatic rings. The minimum Gasteiger partial charge on any atom is -0.504 e. The summed E-state index contributed by atoms with van der Waals surface area (Å²) in [6.07, 6.45) is 6.82. The number of hydrogen-bond donors (Lipinski definition) is 1. The molecule has 1 fully saturated rings. The zero-order valence-electron chi connectivity index (χ0n) is 12.9. The lowest BCUT2D eigenvalue weighted by Gasteiger charge is -2.34. The van der Waals surface area contributed by atoms with Crippen LogP contribution in [0.5, 0.6) is 5.75 Å². The van der Waals surface area contributed by atoms with E-state index in [0.29, 0.717) is 43.5 Å². The number of rotatable bonds is 2. The van der Waals surface area contributed by atoms with Crippen LogP contribution in [0.15, 0.2) is 43.0 Å². The van der Waals surface area contributed by atoms with Crippen LogP contribution in [0.3, 0.4) is 0 Å². The van der Waals surface area contributed by atoms with Crippen molar-refractivity contribution in [2.24, 2.45) is 0 Å². The molecule has 0 unspecified atom stereocenters. The molecule has 1 N–H and O–H groups in total. The average molecular weight is 324 g/mol. The van der Waals surface area contributed by atoms with Gasteiger partial charge in [-0.25, -0.2) is 15.0 Å². The largest absolute Gasteiger partial charge is 0.504 e. The fraction of sp³-hybridized carbons (Fsp3) is 0.250. The average Bonchev–Trinajstić information content (AvgIpc) is 3.08. The molecule has 4 rings (SSSR count). The summed E-state index contributed by atoms with van der Waals surface area (Å²) < 4.78 is 1.65. The molecule has 0 aromatic carbocycles. The van der Waals surface area contributed by atoms with Crippen molar-refractivity contribution in [3.05, 3.63) is 48.7 Å². The first-order chi connectivity index (χ1) is 11.7. The zero-order chi connectivity index (χ0) is 16.5. The Morgan fingerprint density at radius 3 is 2.54 bits per heavy atom. The van der Waals surface area contributed by atoms with Crippen LogP contribution in [0.4, 0.5) is 5.95 Å². The van der Waals surface area contributed by atoms with Crippen LogP contribution in [0.2, 0.25) is 0 Å². The normalized spacial score (nSPS) is 15.0. The number of carbonyl (C=O) groups excluding carboxylic acids is 1. The molecule has 0 spiro atoms. The number of piperazine rings is 1. The van der Waals surface area contributed by atoms with Crippen molar-refractivity contribution >= 4 is 17.5 Å². The molecular weight excluding hydrogens is 308 g/mol. The van der Waals surface area contributed by atoms with Crippen molar-refractivity contribution in [2.45, 2.75) is 0 Å². The molecule has 8 nitrogen and oxygen atoms in total. The van der Waals surface area contributed by atoms with Gasteiger partial charge in [0.2, 0.25) is 5.95 Å². The monoisotopic (exact) mass is 324 g/mol. The second-order valence-electron chi connectivity index (χ2n) is 5.58. The number of pyridine rings is 1. The molecule has 0 radical (unpaired) electrons. The molecule has 8 heteroatoms. The summed E-state index contributed by atoms with van der Waals surface area (Å²) in [6.45, 7) is 2.51. The van der Waals surface area contributed by atoms with Gasteiger partial charge in [-0.3, -0.25) is 4.79 Å². The lowest BCUT2D eigenvalue weighted by Crippen LogP contribution is -2.49. The quantitative estimate of drug-likeness (QED) is 0.750. The van der Waals surface area contributed by atoms with Gasteiger partial charge in [0.1, 0.15) is 5.69 Å². The summed E-state index contributed by atoms with van der Waals surface area (Å²) in [5, 5.41) is 9.81. The van der Waals surface area contributed by atoms with E-state index in [4.69, 9.17) is 0 Å². The Morgan fingerprint density at radius 1 is 1.08 bits per heavy atom. The minimum atomic E-state index is -0.133. The van der Waals surface area contributed by atoms with E-state index in [2.05, 4.69) is 19.9 Å². The molecule has 1 saturated heterocycles. The number of hydrogen-bond acceptors (Lipinski definition) is 6. The van der Waals surface area contributed by atoms with Crippen molar-refractivity contribution in [3.63, 3.8) is 0 Å². The number of amides is 1. The van der Waals surface area contributed by atoms with Gasteiger partial charge in [0.05, 0.1) is 0 Å². The summed E-state index contributed by atoms with van der Waals surface area (Å²) in [4.78, 5) is 29.2. The third-order valence-corrected chi connectivity index (χ3v) is 4.08. The Bertz CT molecular complexity index is 871. The molecule has 0 aliphatic carbocycles. The number of aromatic nitrogens is 4. The van der Waals surface area contributed by atoms with Gasteiger partial charge in [-0.1, -0.05) is 0 Å². The molecule has 122 valence electrons. The highest BCUT2D eigenvalue weighted by atomic mass is 16.3. The summed E-state index contributed by atoms with van der Waals surface area (Å²) >= 11 is 0. The molecule has 1 amide bonds. The van der Waals surface area contributed by atoms with E-state index in [1.54, 1.807) is 52.3 Å². The molecule has 4 heterocycles. The highest BCUT2D eigenvalue weighted by Crippen LogP contribution is 2.18. The summed E-state index contributed by atoms with van der Waals surface area (Å²) in [5.74, 6) is 0.608. The Kier molecular flexibility index (Phi) is 3.49. The maximum atomic E-state index is 12.6. The highest BCUT2D eigenvalue weighted by molar-refractivity contribution is 5.93. The van der Waals surface area contributed by atoms with Crippen LogP contribution in [0.25, 0.3) is 5.65 Å². The van der Waals surface area contributed by atoms with E-state index < -0.39 is 0 Å². The number of anilines is 1. The molecule has 0 bridgehead atoms. The van der Waals surface area contributed by atoms with Crippen molar-refractivity contribution < 1.29 is 9.90 Å². The van der Waals surface area contributed by atoms with E-state index in [-0.39, 0.29) is 11.7 Å². The van der Waals surface area contributed by atoms with E-state index in [0.717, 1.165) is 0 Å². The van der Waals surface area contributed by atoms with Gasteiger partial charge in [-0.15, -0.1) is 0 Å². The summed E-state index contributed by atoms with van der Waals surface area (Å²) in [6, 6.07) is 5.04. The second kappa shape index (κ2) is 5.80. The SMILES string of the molecule is O=C(c1cn2cccc(O)c2n1)N1CCN(c2ncccn2)CC1. The summed E-state index contributed by atoms with van der Waals surface area (Å²) in [5.41, 5.74) is 0.720. The van der Waals surface area contributed by atoms with E-state index in [9.17, 15) is 9.90 Å². The van der Waals surface area contributed by atoms with Gasteiger partial charge in [-0.05, 0) is 18.2 Å². The van der Waals surface area contributed by atoms with Crippen LogP contribution in [0, 0.1) is 0 Å². The van der Waals surface area contributed by atoms with Gasteiger partial charge < -0.3 is 19.3 Å². The van der Waals surface area contributed by atoms with Crippen LogP contribution >= 0.6 is 0 Å². The van der Waals surface area contributed by atoms with E-state index >= 15 is 0 Å². The molecule has 24 heavy (non-hydrogen) atoms. The lowest BCUT2D eigenvalue weighted by molar-refractivity contribution is 0.0741. The Hall–Kier alpha value is -3.16. The second-order valence-corrected chi connectivity index (χ2v) is 5.58. The van der Waals surface area contributed by atoms with Gasteiger partial charge in [0.25, 0.3) is 5.91 Å². The van der Waals surface area contributed by atoms with Crippen LogP contribution < -0.4 is 4.90 Å². The predicted octanol–water partition coefficient (Wildman–Crippen LogP) is 0.792. The van der Waals surface area contributed by atoms with E-state index in [1.807, 2.05) is 0 Å². The van der Waals surface area contributed by atoms with Crippen molar-refractivity contribution in [1.29, 1.82) is 0 Å². The molecule has 3 aromatic heterocycles.